The SMILES string of the molecule is CNCc1ccc(S(=O)(=O)NC(C)C(C)(C)C)c(Br)c1. The predicted molar refractivity (Wildman–Crippen MR) is 86.1 cm³/mol. The van der Waals surface area contributed by atoms with Crippen LogP contribution in [0, 0.1) is 5.41 Å². The van der Waals surface area contributed by atoms with E-state index in [2.05, 4.69) is 26.0 Å². The summed E-state index contributed by atoms with van der Waals surface area (Å²) in [6, 6.07) is 5.12. The van der Waals surface area contributed by atoms with Crippen LogP contribution in [0.25, 0.3) is 0 Å². The lowest BCUT2D eigenvalue weighted by molar-refractivity contribution is 0.317. The second-order valence-corrected chi connectivity index (χ2v) is 8.54. The smallest absolute Gasteiger partial charge is 0.241 e. The molecule has 0 fully saturated rings. The molecule has 1 aromatic rings. The zero-order valence-corrected chi connectivity index (χ0v) is 15.0. The first kappa shape index (κ1) is 17.6. The van der Waals surface area contributed by atoms with Gasteiger partial charge in [0, 0.05) is 17.1 Å². The molecule has 0 aliphatic heterocycles. The van der Waals surface area contributed by atoms with Crippen LogP contribution in [-0.4, -0.2) is 21.5 Å². The van der Waals surface area contributed by atoms with Crippen LogP contribution in [0.2, 0.25) is 0 Å². The van der Waals surface area contributed by atoms with E-state index in [0.29, 0.717) is 11.0 Å². The molecule has 0 radical (unpaired) electrons. The summed E-state index contributed by atoms with van der Waals surface area (Å²) in [6.07, 6.45) is 0. The fraction of sp³-hybridized carbons (Fsp3) is 0.571. The van der Waals surface area contributed by atoms with Crippen LogP contribution in [0.15, 0.2) is 27.6 Å². The summed E-state index contributed by atoms with van der Waals surface area (Å²) in [6.45, 7) is 8.59. The molecule has 0 aliphatic rings. The molecular formula is C14H23BrN2O2S. The largest absolute Gasteiger partial charge is 0.316 e. The van der Waals surface area contributed by atoms with Gasteiger partial charge in [0.05, 0.1) is 4.90 Å². The van der Waals surface area contributed by atoms with Gasteiger partial charge in [-0.05, 0) is 53.0 Å². The Balaban J connectivity index is 3.04. The summed E-state index contributed by atoms with van der Waals surface area (Å²) < 4.78 is 28.2. The molecular weight excluding hydrogens is 340 g/mol. The average Bonchev–Trinajstić information content (AvgIpc) is 2.27. The molecule has 2 N–H and O–H groups in total. The number of halogens is 1. The second-order valence-electron chi connectivity index (χ2n) is 6.00. The minimum atomic E-state index is -3.52. The molecule has 4 nitrogen and oxygen atoms in total. The molecule has 1 unspecified atom stereocenters. The van der Waals surface area contributed by atoms with Crippen molar-refractivity contribution in [2.24, 2.45) is 5.41 Å². The second kappa shape index (κ2) is 6.56. The van der Waals surface area contributed by atoms with Crippen molar-refractivity contribution < 1.29 is 8.42 Å². The van der Waals surface area contributed by atoms with E-state index in [-0.39, 0.29) is 16.4 Å². The summed E-state index contributed by atoms with van der Waals surface area (Å²) in [4.78, 5) is 0.272. The molecule has 6 heteroatoms. The van der Waals surface area contributed by atoms with Crippen LogP contribution in [0.4, 0.5) is 0 Å². The summed E-state index contributed by atoms with van der Waals surface area (Å²) in [5, 5.41) is 3.04. The summed E-state index contributed by atoms with van der Waals surface area (Å²) in [7, 11) is -1.67. The summed E-state index contributed by atoms with van der Waals surface area (Å²) >= 11 is 3.35. The number of benzene rings is 1. The highest BCUT2D eigenvalue weighted by molar-refractivity contribution is 9.10. The molecule has 0 saturated carbocycles. The Morgan fingerprint density at radius 1 is 1.30 bits per heavy atom. The van der Waals surface area contributed by atoms with Gasteiger partial charge in [0.25, 0.3) is 0 Å². The Morgan fingerprint density at radius 2 is 1.90 bits per heavy atom. The highest BCUT2D eigenvalue weighted by Gasteiger charge is 2.27. The first-order chi connectivity index (χ1) is 9.08. The van der Waals surface area contributed by atoms with Gasteiger partial charge in [0.2, 0.25) is 10.0 Å². The zero-order chi connectivity index (χ0) is 15.6. The molecule has 1 aromatic carbocycles. The number of rotatable bonds is 5. The van der Waals surface area contributed by atoms with Crippen molar-refractivity contribution in [2.75, 3.05) is 7.05 Å². The summed E-state index contributed by atoms with van der Waals surface area (Å²) in [5.41, 5.74) is 0.896. The number of hydrogen-bond donors (Lipinski definition) is 2. The van der Waals surface area contributed by atoms with Gasteiger partial charge in [0.15, 0.2) is 0 Å². The molecule has 0 saturated heterocycles. The normalized spacial score (nSPS) is 14.3. The molecule has 0 aliphatic carbocycles. The van der Waals surface area contributed by atoms with E-state index in [1.54, 1.807) is 6.07 Å². The molecule has 0 aromatic heterocycles. The van der Waals surface area contributed by atoms with E-state index in [1.807, 2.05) is 46.9 Å². The Kier molecular flexibility index (Phi) is 5.78. The third-order valence-corrected chi connectivity index (χ3v) is 5.82. The van der Waals surface area contributed by atoms with Gasteiger partial charge in [-0.3, -0.25) is 0 Å². The fourth-order valence-electron chi connectivity index (χ4n) is 1.55. The lowest BCUT2D eigenvalue weighted by Crippen LogP contribution is -2.41. The lowest BCUT2D eigenvalue weighted by Gasteiger charge is -2.28. The minimum Gasteiger partial charge on any atom is -0.316 e. The maximum Gasteiger partial charge on any atom is 0.241 e. The van der Waals surface area contributed by atoms with Gasteiger partial charge in [-0.1, -0.05) is 26.8 Å². The van der Waals surface area contributed by atoms with Crippen molar-refractivity contribution in [2.45, 2.75) is 45.2 Å². The lowest BCUT2D eigenvalue weighted by atomic mass is 9.89. The molecule has 0 spiro atoms. The van der Waals surface area contributed by atoms with Gasteiger partial charge in [-0.25, -0.2) is 13.1 Å². The van der Waals surface area contributed by atoms with E-state index in [1.165, 1.54) is 0 Å². The van der Waals surface area contributed by atoms with E-state index in [4.69, 9.17) is 0 Å². The molecule has 0 amide bonds. The van der Waals surface area contributed by atoms with Crippen LogP contribution < -0.4 is 10.0 Å². The van der Waals surface area contributed by atoms with Gasteiger partial charge < -0.3 is 5.32 Å². The molecule has 0 heterocycles. The molecule has 1 rings (SSSR count). The van der Waals surface area contributed by atoms with Crippen molar-refractivity contribution >= 4 is 26.0 Å². The first-order valence-electron chi connectivity index (χ1n) is 6.53. The minimum absolute atomic E-state index is 0.133. The Labute approximate surface area is 130 Å². The fourth-order valence-corrected chi connectivity index (χ4v) is 4.12. The molecule has 20 heavy (non-hydrogen) atoms. The van der Waals surface area contributed by atoms with Crippen molar-refractivity contribution in [3.63, 3.8) is 0 Å². The third-order valence-electron chi connectivity index (χ3n) is 3.30. The van der Waals surface area contributed by atoms with E-state index in [9.17, 15) is 8.42 Å². The van der Waals surface area contributed by atoms with Gasteiger partial charge in [0.1, 0.15) is 0 Å². The van der Waals surface area contributed by atoms with Crippen LogP contribution in [-0.2, 0) is 16.6 Å². The maximum atomic E-state index is 12.4. The van der Waals surface area contributed by atoms with Crippen LogP contribution in [0.3, 0.4) is 0 Å². The Morgan fingerprint density at radius 3 is 2.35 bits per heavy atom. The summed E-state index contributed by atoms with van der Waals surface area (Å²) in [5.74, 6) is 0. The topological polar surface area (TPSA) is 58.2 Å². The Bertz CT molecular complexity index is 565. The average molecular weight is 363 g/mol. The first-order valence-corrected chi connectivity index (χ1v) is 8.81. The van der Waals surface area contributed by atoms with Crippen molar-refractivity contribution in [3.05, 3.63) is 28.2 Å². The quantitative estimate of drug-likeness (QED) is 0.846. The van der Waals surface area contributed by atoms with Crippen molar-refractivity contribution in [1.29, 1.82) is 0 Å². The maximum absolute atomic E-state index is 12.4. The standard InChI is InChI=1S/C14H23BrN2O2S/c1-10(14(2,3)4)17-20(18,19)13-7-6-11(9-16-5)8-12(13)15/h6-8,10,16-17H,9H2,1-5H3. The van der Waals surface area contributed by atoms with E-state index < -0.39 is 10.0 Å². The number of nitrogens with one attached hydrogen (secondary N) is 2. The predicted octanol–water partition coefficient (Wildman–Crippen LogP) is 2.88. The van der Waals surface area contributed by atoms with Crippen LogP contribution in [0.1, 0.15) is 33.3 Å². The highest BCUT2D eigenvalue weighted by Crippen LogP contribution is 2.26. The number of sulfonamides is 1. The van der Waals surface area contributed by atoms with Crippen molar-refractivity contribution in [3.8, 4) is 0 Å². The van der Waals surface area contributed by atoms with E-state index in [0.717, 1.165) is 5.56 Å². The van der Waals surface area contributed by atoms with Gasteiger partial charge >= 0.3 is 0 Å². The number of hydrogen-bond acceptors (Lipinski definition) is 3. The zero-order valence-electron chi connectivity index (χ0n) is 12.6. The highest BCUT2D eigenvalue weighted by atomic mass is 79.9. The Hall–Kier alpha value is -0.430. The molecule has 1 atom stereocenters. The molecule has 0 bridgehead atoms. The van der Waals surface area contributed by atoms with E-state index >= 15 is 0 Å². The third kappa shape index (κ3) is 4.55. The monoisotopic (exact) mass is 362 g/mol. The molecule has 114 valence electrons. The van der Waals surface area contributed by atoms with Crippen LogP contribution >= 0.6 is 15.9 Å². The van der Waals surface area contributed by atoms with Gasteiger partial charge in [-0.15, -0.1) is 0 Å². The van der Waals surface area contributed by atoms with Gasteiger partial charge in [-0.2, -0.15) is 0 Å². The van der Waals surface area contributed by atoms with Crippen LogP contribution in [0.5, 0.6) is 0 Å². The van der Waals surface area contributed by atoms with Crippen molar-refractivity contribution in [1.82, 2.24) is 10.0 Å².